The van der Waals surface area contributed by atoms with Crippen molar-refractivity contribution in [3.8, 4) is 5.75 Å². The molecule has 1 atom stereocenters. The number of furan rings is 1. The second-order valence-electron chi connectivity index (χ2n) is 9.57. The van der Waals surface area contributed by atoms with Crippen LogP contribution < -0.4 is 4.74 Å². The van der Waals surface area contributed by atoms with Gasteiger partial charge in [0.2, 0.25) is 5.91 Å². The van der Waals surface area contributed by atoms with Crippen molar-refractivity contribution in [3.05, 3.63) is 88.9 Å². The maximum absolute atomic E-state index is 13.1. The fourth-order valence-electron chi connectivity index (χ4n) is 4.89. The lowest BCUT2D eigenvalue weighted by molar-refractivity contribution is -0.136. The average molecular weight is 489 g/mol. The lowest BCUT2D eigenvalue weighted by Gasteiger charge is -2.39. The van der Waals surface area contributed by atoms with E-state index in [9.17, 15) is 9.59 Å². The summed E-state index contributed by atoms with van der Waals surface area (Å²) < 4.78 is 17.2. The van der Waals surface area contributed by atoms with Gasteiger partial charge in [-0.05, 0) is 47.4 Å². The third kappa shape index (κ3) is 5.02. The van der Waals surface area contributed by atoms with Gasteiger partial charge in [-0.3, -0.25) is 9.59 Å². The molecule has 3 aromatic rings. The number of hydrogen-bond donors (Lipinski definition) is 0. The minimum absolute atomic E-state index is 0.0782. The second kappa shape index (κ2) is 10.6. The van der Waals surface area contributed by atoms with Gasteiger partial charge >= 0.3 is 0 Å². The molecule has 7 heteroatoms. The molecule has 2 aliphatic rings. The van der Waals surface area contributed by atoms with Crippen LogP contribution in [0.2, 0.25) is 0 Å². The summed E-state index contributed by atoms with van der Waals surface area (Å²) in [4.78, 5) is 29.5. The topological polar surface area (TPSA) is 72.2 Å². The second-order valence-corrected chi connectivity index (χ2v) is 9.57. The van der Waals surface area contributed by atoms with E-state index in [1.807, 2.05) is 49.1 Å². The zero-order chi connectivity index (χ0) is 25.1. The molecular weight excluding hydrogens is 456 g/mol. The molecule has 3 heterocycles. The monoisotopic (exact) mass is 488 g/mol. The zero-order valence-electron chi connectivity index (χ0n) is 20.8. The highest BCUT2D eigenvalue weighted by Crippen LogP contribution is 2.38. The molecule has 0 aliphatic carbocycles. The quantitative estimate of drug-likeness (QED) is 0.512. The Bertz CT molecular complexity index is 1210. The van der Waals surface area contributed by atoms with Crippen molar-refractivity contribution in [1.82, 2.24) is 9.80 Å². The van der Waals surface area contributed by atoms with Crippen molar-refractivity contribution >= 4 is 11.8 Å². The molecule has 2 amide bonds. The molecule has 0 N–H and O–H groups in total. The Morgan fingerprint density at radius 3 is 2.53 bits per heavy atom. The van der Waals surface area contributed by atoms with Gasteiger partial charge in [-0.1, -0.05) is 50.2 Å². The number of rotatable bonds is 6. The SMILES string of the molecule is CC(C)C(=O)N1CCc2ccc(OCc3ccc(C(=O)N4CCOCC4)o3)cc2C1c1ccccc1. The lowest BCUT2D eigenvalue weighted by Crippen LogP contribution is -2.42. The summed E-state index contributed by atoms with van der Waals surface area (Å²) in [6.07, 6.45) is 0.808. The number of fused-ring (bicyclic) bond motifs is 1. The van der Waals surface area contributed by atoms with Crippen molar-refractivity contribution in [2.45, 2.75) is 32.9 Å². The van der Waals surface area contributed by atoms with Crippen LogP contribution in [0.5, 0.6) is 5.75 Å². The third-order valence-corrected chi connectivity index (χ3v) is 6.79. The number of nitrogens with zero attached hydrogens (tertiary/aromatic N) is 2. The molecule has 5 rings (SSSR count). The molecular formula is C29H32N2O5. The summed E-state index contributed by atoms with van der Waals surface area (Å²) in [5, 5.41) is 0. The van der Waals surface area contributed by atoms with E-state index >= 15 is 0 Å². The normalized spacial score (nSPS) is 17.7. The largest absolute Gasteiger partial charge is 0.486 e. The molecule has 2 aromatic carbocycles. The van der Waals surface area contributed by atoms with E-state index < -0.39 is 0 Å². The molecule has 7 nitrogen and oxygen atoms in total. The van der Waals surface area contributed by atoms with Gasteiger partial charge in [0.05, 0.1) is 19.3 Å². The van der Waals surface area contributed by atoms with E-state index in [2.05, 4.69) is 18.2 Å². The van der Waals surface area contributed by atoms with Crippen molar-refractivity contribution in [1.29, 1.82) is 0 Å². The first-order valence-electron chi connectivity index (χ1n) is 12.6. The molecule has 188 valence electrons. The molecule has 0 spiro atoms. The molecule has 1 fully saturated rings. The summed E-state index contributed by atoms with van der Waals surface area (Å²) >= 11 is 0. The van der Waals surface area contributed by atoms with E-state index in [4.69, 9.17) is 13.9 Å². The van der Waals surface area contributed by atoms with E-state index in [1.165, 1.54) is 5.56 Å². The molecule has 0 saturated carbocycles. The summed E-state index contributed by atoms with van der Waals surface area (Å²) in [5.41, 5.74) is 3.39. The van der Waals surface area contributed by atoms with Gasteiger partial charge in [0.25, 0.3) is 5.91 Å². The van der Waals surface area contributed by atoms with E-state index in [0.29, 0.717) is 50.1 Å². The standard InChI is InChI=1S/C29H32N2O5/c1-20(2)28(32)31-13-12-21-8-9-23(18-25(21)27(31)22-6-4-3-5-7-22)35-19-24-10-11-26(36-24)29(33)30-14-16-34-17-15-30/h3-11,18,20,27H,12-17,19H2,1-2H3. The van der Waals surface area contributed by atoms with Crippen LogP contribution in [0.15, 0.2) is 65.1 Å². The Morgan fingerprint density at radius 1 is 1.00 bits per heavy atom. The zero-order valence-corrected chi connectivity index (χ0v) is 20.8. The van der Waals surface area contributed by atoms with E-state index in [0.717, 1.165) is 17.5 Å². The van der Waals surface area contributed by atoms with Crippen molar-refractivity contribution in [3.63, 3.8) is 0 Å². The first kappa shape index (κ1) is 24.1. The Balaban J connectivity index is 1.34. The van der Waals surface area contributed by atoms with E-state index in [-0.39, 0.29) is 30.4 Å². The smallest absolute Gasteiger partial charge is 0.289 e. The third-order valence-electron chi connectivity index (χ3n) is 6.79. The number of amides is 2. The van der Waals surface area contributed by atoms with Gasteiger partial charge in [-0.25, -0.2) is 0 Å². The predicted molar refractivity (Wildman–Crippen MR) is 135 cm³/mol. The van der Waals surface area contributed by atoms with Crippen molar-refractivity contribution in [2.24, 2.45) is 5.92 Å². The van der Waals surface area contributed by atoms with Crippen LogP contribution in [0.4, 0.5) is 0 Å². The Kier molecular flexibility index (Phi) is 7.09. The maximum atomic E-state index is 13.1. The first-order chi connectivity index (χ1) is 17.5. The summed E-state index contributed by atoms with van der Waals surface area (Å²) in [6.45, 7) is 7.02. The van der Waals surface area contributed by atoms with Crippen LogP contribution in [-0.2, 0) is 22.6 Å². The number of benzene rings is 2. The van der Waals surface area contributed by atoms with Gasteiger partial charge in [0, 0.05) is 25.6 Å². The Labute approximate surface area is 211 Å². The van der Waals surface area contributed by atoms with Crippen LogP contribution in [0.3, 0.4) is 0 Å². The minimum Gasteiger partial charge on any atom is -0.486 e. The molecule has 0 bridgehead atoms. The highest BCUT2D eigenvalue weighted by molar-refractivity contribution is 5.91. The predicted octanol–water partition coefficient (Wildman–Crippen LogP) is 4.46. The highest BCUT2D eigenvalue weighted by Gasteiger charge is 2.33. The summed E-state index contributed by atoms with van der Waals surface area (Å²) in [7, 11) is 0. The number of carbonyl (C=O) groups is 2. The molecule has 1 unspecified atom stereocenters. The number of ether oxygens (including phenoxy) is 2. The molecule has 36 heavy (non-hydrogen) atoms. The van der Waals surface area contributed by atoms with Gasteiger partial charge in [0.1, 0.15) is 18.1 Å². The van der Waals surface area contributed by atoms with Crippen LogP contribution in [0.25, 0.3) is 0 Å². The van der Waals surface area contributed by atoms with Crippen molar-refractivity contribution in [2.75, 3.05) is 32.8 Å². The fourth-order valence-corrected chi connectivity index (χ4v) is 4.89. The molecule has 0 radical (unpaired) electrons. The summed E-state index contributed by atoms with van der Waals surface area (Å²) in [5.74, 6) is 1.54. The van der Waals surface area contributed by atoms with Gasteiger partial charge in [0.15, 0.2) is 5.76 Å². The first-order valence-corrected chi connectivity index (χ1v) is 12.6. The average Bonchev–Trinajstić information content (AvgIpc) is 3.40. The van der Waals surface area contributed by atoms with Gasteiger partial charge in [-0.2, -0.15) is 0 Å². The van der Waals surface area contributed by atoms with Crippen LogP contribution in [0, 0.1) is 5.92 Å². The molecule has 2 aliphatic heterocycles. The number of carbonyl (C=O) groups excluding carboxylic acids is 2. The molecule has 1 saturated heterocycles. The van der Waals surface area contributed by atoms with Gasteiger partial charge < -0.3 is 23.7 Å². The van der Waals surface area contributed by atoms with E-state index in [1.54, 1.807) is 17.0 Å². The van der Waals surface area contributed by atoms with Crippen LogP contribution in [-0.4, -0.2) is 54.5 Å². The highest BCUT2D eigenvalue weighted by atomic mass is 16.5. The molecule has 1 aromatic heterocycles. The Morgan fingerprint density at radius 2 is 1.78 bits per heavy atom. The summed E-state index contributed by atoms with van der Waals surface area (Å²) in [6, 6.07) is 19.6. The number of morpholine rings is 1. The maximum Gasteiger partial charge on any atom is 0.289 e. The fraction of sp³-hybridized carbons (Fsp3) is 0.379. The minimum atomic E-state index is -0.158. The number of hydrogen-bond acceptors (Lipinski definition) is 5. The Hall–Kier alpha value is -3.58. The van der Waals surface area contributed by atoms with Crippen LogP contribution in [0.1, 0.15) is 52.9 Å². The van der Waals surface area contributed by atoms with Crippen molar-refractivity contribution < 1.29 is 23.5 Å². The lowest BCUT2D eigenvalue weighted by atomic mass is 9.87. The van der Waals surface area contributed by atoms with Crippen LogP contribution >= 0.6 is 0 Å². The van der Waals surface area contributed by atoms with Gasteiger partial charge in [-0.15, -0.1) is 0 Å².